The highest BCUT2D eigenvalue weighted by molar-refractivity contribution is 6.05. The molecule has 0 atom stereocenters. The summed E-state index contributed by atoms with van der Waals surface area (Å²) in [6.45, 7) is 2.15. The van der Waals surface area contributed by atoms with E-state index >= 15 is 0 Å². The highest BCUT2D eigenvalue weighted by atomic mass is 16.5. The second-order valence-corrected chi connectivity index (χ2v) is 6.16. The zero-order valence-electron chi connectivity index (χ0n) is 14.5. The number of hydrogen-bond acceptors (Lipinski definition) is 6. The molecule has 7 heteroatoms. The average Bonchev–Trinajstić information content (AvgIpc) is 2.78. The Morgan fingerprint density at radius 1 is 1.23 bits per heavy atom. The van der Waals surface area contributed by atoms with E-state index in [4.69, 9.17) is 11.5 Å². The third kappa shape index (κ3) is 3.73. The van der Waals surface area contributed by atoms with Crippen LogP contribution in [0.4, 0.5) is 11.4 Å². The number of nitrogens with two attached hydrogens (primary N) is 2. The van der Waals surface area contributed by atoms with E-state index in [1.807, 2.05) is 31.2 Å². The second kappa shape index (κ2) is 7.37. The Morgan fingerprint density at radius 2 is 2.04 bits per heavy atom. The van der Waals surface area contributed by atoms with Gasteiger partial charge in [-0.25, -0.2) is 10.1 Å². The predicted molar refractivity (Wildman–Crippen MR) is 102 cm³/mol. The molecule has 0 unspecified atom stereocenters. The molecule has 26 heavy (non-hydrogen) atoms. The number of anilines is 1. The van der Waals surface area contributed by atoms with Gasteiger partial charge in [-0.05, 0) is 30.2 Å². The molecule has 0 spiro atoms. The SMILES string of the molecule is CCCN(O)C(=O)C1=Cc2ccc(-c3cncc(N)c3)cc2N=C(N)C1. The lowest BCUT2D eigenvalue weighted by Gasteiger charge is -2.15. The molecule has 7 nitrogen and oxygen atoms in total. The first-order chi connectivity index (χ1) is 12.5. The molecule has 1 aromatic carbocycles. The topological polar surface area (TPSA) is 118 Å². The van der Waals surface area contributed by atoms with Crippen molar-refractivity contribution >= 4 is 29.2 Å². The van der Waals surface area contributed by atoms with Gasteiger partial charge < -0.3 is 11.5 Å². The van der Waals surface area contributed by atoms with Crippen LogP contribution in [0.1, 0.15) is 25.3 Å². The summed E-state index contributed by atoms with van der Waals surface area (Å²) in [6.07, 6.45) is 5.87. The maximum absolute atomic E-state index is 12.4. The number of pyridine rings is 1. The highest BCUT2D eigenvalue weighted by Crippen LogP contribution is 2.32. The minimum Gasteiger partial charge on any atom is -0.397 e. The summed E-state index contributed by atoms with van der Waals surface area (Å²) in [5.41, 5.74) is 16.0. The smallest absolute Gasteiger partial charge is 0.273 e. The zero-order chi connectivity index (χ0) is 18.7. The minimum absolute atomic E-state index is 0.184. The van der Waals surface area contributed by atoms with Crippen LogP contribution in [0.5, 0.6) is 0 Å². The number of carbonyl (C=O) groups is 1. The molecule has 0 saturated carbocycles. The van der Waals surface area contributed by atoms with Crippen LogP contribution < -0.4 is 11.5 Å². The van der Waals surface area contributed by atoms with Gasteiger partial charge in [0.1, 0.15) is 5.84 Å². The Kier molecular flexibility index (Phi) is 4.99. The van der Waals surface area contributed by atoms with E-state index in [2.05, 4.69) is 9.98 Å². The van der Waals surface area contributed by atoms with Crippen LogP contribution >= 0.6 is 0 Å². The first kappa shape index (κ1) is 17.6. The van der Waals surface area contributed by atoms with Gasteiger partial charge in [-0.3, -0.25) is 15.0 Å². The Hall–Kier alpha value is -3.19. The van der Waals surface area contributed by atoms with E-state index in [0.717, 1.165) is 21.8 Å². The van der Waals surface area contributed by atoms with Gasteiger partial charge in [0.25, 0.3) is 5.91 Å². The monoisotopic (exact) mass is 351 g/mol. The fourth-order valence-electron chi connectivity index (χ4n) is 2.80. The fourth-order valence-corrected chi connectivity index (χ4v) is 2.80. The normalized spacial score (nSPS) is 13.3. The molecule has 5 N–H and O–H groups in total. The molecule has 1 aliphatic rings. The van der Waals surface area contributed by atoms with Crippen LogP contribution in [0.25, 0.3) is 17.2 Å². The summed E-state index contributed by atoms with van der Waals surface area (Å²) in [5.74, 6) is -0.141. The number of hydrogen-bond donors (Lipinski definition) is 3. The first-order valence-electron chi connectivity index (χ1n) is 8.37. The number of rotatable bonds is 4. The van der Waals surface area contributed by atoms with E-state index in [1.165, 1.54) is 0 Å². The lowest BCUT2D eigenvalue weighted by Crippen LogP contribution is -2.30. The maximum Gasteiger partial charge on any atom is 0.273 e. The molecular formula is C19H21N5O2. The number of carbonyl (C=O) groups excluding carboxylic acids is 1. The van der Waals surface area contributed by atoms with Crippen molar-refractivity contribution < 1.29 is 10.0 Å². The van der Waals surface area contributed by atoms with Crippen LogP contribution in [-0.4, -0.2) is 33.5 Å². The Bertz CT molecular complexity index is 905. The van der Waals surface area contributed by atoms with Crippen molar-refractivity contribution in [3.8, 4) is 11.1 Å². The van der Waals surface area contributed by atoms with Gasteiger partial charge in [-0.1, -0.05) is 19.1 Å². The van der Waals surface area contributed by atoms with Gasteiger partial charge in [0.05, 0.1) is 11.4 Å². The average molecular weight is 351 g/mol. The van der Waals surface area contributed by atoms with Crippen LogP contribution in [0, 0.1) is 0 Å². The molecule has 0 fully saturated rings. The van der Waals surface area contributed by atoms with Crippen LogP contribution in [-0.2, 0) is 4.79 Å². The van der Waals surface area contributed by atoms with Crippen molar-refractivity contribution in [3.63, 3.8) is 0 Å². The third-order valence-corrected chi connectivity index (χ3v) is 4.03. The van der Waals surface area contributed by atoms with Crippen molar-refractivity contribution in [1.29, 1.82) is 0 Å². The van der Waals surface area contributed by atoms with E-state index in [1.54, 1.807) is 18.5 Å². The molecule has 1 amide bonds. The van der Waals surface area contributed by atoms with Crippen LogP contribution in [0.3, 0.4) is 0 Å². The Labute approximate surface area is 151 Å². The summed E-state index contributed by atoms with van der Waals surface area (Å²) in [5, 5.41) is 10.6. The molecule has 134 valence electrons. The van der Waals surface area contributed by atoms with E-state index in [0.29, 0.717) is 29.2 Å². The van der Waals surface area contributed by atoms with Gasteiger partial charge in [-0.2, -0.15) is 0 Å². The number of aromatic nitrogens is 1. The molecular weight excluding hydrogens is 330 g/mol. The summed E-state index contributed by atoms with van der Waals surface area (Å²) in [6, 6.07) is 7.49. The third-order valence-electron chi connectivity index (χ3n) is 4.03. The molecule has 2 heterocycles. The maximum atomic E-state index is 12.4. The molecule has 1 aromatic heterocycles. The summed E-state index contributed by atoms with van der Waals surface area (Å²) >= 11 is 0. The predicted octanol–water partition coefficient (Wildman–Crippen LogP) is 2.73. The van der Waals surface area contributed by atoms with Crippen molar-refractivity contribution in [3.05, 3.63) is 47.8 Å². The summed E-state index contributed by atoms with van der Waals surface area (Å²) in [7, 11) is 0. The fraction of sp³-hybridized carbons (Fsp3) is 0.211. The molecule has 0 bridgehead atoms. The lowest BCUT2D eigenvalue weighted by atomic mass is 10.0. The second-order valence-electron chi connectivity index (χ2n) is 6.16. The molecule has 2 aromatic rings. The summed E-state index contributed by atoms with van der Waals surface area (Å²) < 4.78 is 0. The number of nitrogens with zero attached hydrogens (tertiary/aromatic N) is 3. The number of aliphatic imine (C=N–C) groups is 1. The lowest BCUT2D eigenvalue weighted by molar-refractivity contribution is -0.160. The minimum atomic E-state index is -0.457. The van der Waals surface area contributed by atoms with Crippen molar-refractivity contribution in [2.75, 3.05) is 12.3 Å². The molecule has 0 saturated heterocycles. The number of benzene rings is 1. The Balaban J connectivity index is 2.00. The first-order valence-corrected chi connectivity index (χ1v) is 8.37. The largest absolute Gasteiger partial charge is 0.397 e. The quantitative estimate of drug-likeness (QED) is 0.578. The molecule has 1 aliphatic heterocycles. The molecule has 3 rings (SSSR count). The van der Waals surface area contributed by atoms with Gasteiger partial charge in [0.15, 0.2) is 0 Å². The van der Waals surface area contributed by atoms with E-state index in [9.17, 15) is 10.0 Å². The zero-order valence-corrected chi connectivity index (χ0v) is 14.5. The van der Waals surface area contributed by atoms with Crippen LogP contribution in [0.15, 0.2) is 47.2 Å². The van der Waals surface area contributed by atoms with Gasteiger partial charge in [-0.15, -0.1) is 0 Å². The van der Waals surface area contributed by atoms with Gasteiger partial charge >= 0.3 is 0 Å². The standard InChI is InChI=1S/C19H21N5O2/c1-2-5-24(26)19(25)14-6-13-4-3-12(8-17(13)23-18(21)9-14)15-7-16(20)11-22-10-15/h3-4,6-8,10-11,26H,2,5,9,20H2,1H3,(H2,21,23). The Morgan fingerprint density at radius 3 is 2.77 bits per heavy atom. The number of amides is 1. The van der Waals surface area contributed by atoms with E-state index < -0.39 is 5.91 Å². The summed E-state index contributed by atoms with van der Waals surface area (Å²) in [4.78, 5) is 20.9. The molecule has 0 aliphatic carbocycles. The number of hydroxylamine groups is 2. The van der Waals surface area contributed by atoms with Crippen molar-refractivity contribution in [2.45, 2.75) is 19.8 Å². The number of nitrogen functional groups attached to an aromatic ring is 1. The van der Waals surface area contributed by atoms with Crippen LogP contribution in [0.2, 0.25) is 0 Å². The highest BCUT2D eigenvalue weighted by Gasteiger charge is 2.20. The van der Waals surface area contributed by atoms with E-state index in [-0.39, 0.29) is 13.0 Å². The van der Waals surface area contributed by atoms with Crippen molar-refractivity contribution in [2.24, 2.45) is 10.7 Å². The number of amidine groups is 1. The van der Waals surface area contributed by atoms with Gasteiger partial charge in [0, 0.05) is 42.1 Å². The number of fused-ring (bicyclic) bond motifs is 1. The molecule has 0 radical (unpaired) electrons. The van der Waals surface area contributed by atoms with Crippen molar-refractivity contribution in [1.82, 2.24) is 10.0 Å². The van der Waals surface area contributed by atoms with Gasteiger partial charge in [0.2, 0.25) is 0 Å².